The Hall–Kier alpha value is -1.36. The molecule has 1 aliphatic rings. The van der Waals surface area contributed by atoms with Crippen molar-refractivity contribution >= 4 is 5.91 Å². The molecule has 1 atom stereocenters. The third kappa shape index (κ3) is 2.49. The molecular weight excluding hydrogens is 216 g/mol. The highest BCUT2D eigenvalue weighted by molar-refractivity contribution is 5.83. The number of carbonyl (C=O) groups is 1. The third-order valence-electron chi connectivity index (χ3n) is 3.60. The van der Waals surface area contributed by atoms with Gasteiger partial charge in [0.15, 0.2) is 0 Å². The van der Waals surface area contributed by atoms with Crippen LogP contribution in [0.1, 0.15) is 25.5 Å². The van der Waals surface area contributed by atoms with Gasteiger partial charge in [0, 0.05) is 19.8 Å². The van der Waals surface area contributed by atoms with Gasteiger partial charge in [0.05, 0.1) is 17.7 Å². The zero-order chi connectivity index (χ0) is 12.3. The Labute approximate surface area is 102 Å². The minimum absolute atomic E-state index is 0.149. The van der Waals surface area contributed by atoms with E-state index in [-0.39, 0.29) is 11.3 Å². The van der Waals surface area contributed by atoms with E-state index in [1.807, 2.05) is 19.3 Å². The molecule has 17 heavy (non-hydrogen) atoms. The second-order valence-electron chi connectivity index (χ2n) is 4.72. The van der Waals surface area contributed by atoms with E-state index in [9.17, 15) is 4.79 Å². The van der Waals surface area contributed by atoms with Gasteiger partial charge in [-0.15, -0.1) is 0 Å². The maximum atomic E-state index is 12.2. The van der Waals surface area contributed by atoms with Crippen LogP contribution in [0.5, 0.6) is 0 Å². The Morgan fingerprint density at radius 2 is 2.53 bits per heavy atom. The quantitative estimate of drug-likeness (QED) is 0.797. The molecule has 0 spiro atoms. The Balaban J connectivity index is 1.92. The molecule has 1 aromatic rings. The SMILES string of the molecule is CCC1(C(=O)NCc2ccn(C)n2)CCNC1. The summed E-state index contributed by atoms with van der Waals surface area (Å²) in [6.07, 6.45) is 3.69. The van der Waals surface area contributed by atoms with Crippen LogP contribution in [-0.2, 0) is 18.4 Å². The fourth-order valence-corrected chi connectivity index (χ4v) is 2.32. The Morgan fingerprint density at radius 3 is 3.06 bits per heavy atom. The van der Waals surface area contributed by atoms with Gasteiger partial charge < -0.3 is 10.6 Å². The lowest BCUT2D eigenvalue weighted by Crippen LogP contribution is -2.41. The first-order valence-corrected chi connectivity index (χ1v) is 6.14. The van der Waals surface area contributed by atoms with Crippen molar-refractivity contribution in [3.8, 4) is 0 Å². The van der Waals surface area contributed by atoms with Crippen molar-refractivity contribution in [2.24, 2.45) is 12.5 Å². The first-order chi connectivity index (χ1) is 8.16. The minimum atomic E-state index is -0.214. The molecular formula is C12H20N4O. The Morgan fingerprint density at radius 1 is 1.71 bits per heavy atom. The number of rotatable bonds is 4. The number of hydrogen-bond acceptors (Lipinski definition) is 3. The molecule has 1 amide bonds. The number of nitrogens with zero attached hydrogens (tertiary/aromatic N) is 2. The fourth-order valence-electron chi connectivity index (χ4n) is 2.32. The van der Waals surface area contributed by atoms with Gasteiger partial charge in [0.2, 0.25) is 5.91 Å². The second-order valence-corrected chi connectivity index (χ2v) is 4.72. The molecule has 94 valence electrons. The average molecular weight is 236 g/mol. The molecule has 2 heterocycles. The topological polar surface area (TPSA) is 59.0 Å². The highest BCUT2D eigenvalue weighted by Crippen LogP contribution is 2.29. The molecule has 1 fully saturated rings. The summed E-state index contributed by atoms with van der Waals surface area (Å²) >= 11 is 0. The lowest BCUT2D eigenvalue weighted by atomic mass is 9.83. The highest BCUT2D eigenvalue weighted by atomic mass is 16.2. The van der Waals surface area contributed by atoms with Crippen LogP contribution in [0.3, 0.4) is 0 Å². The average Bonchev–Trinajstić information content (AvgIpc) is 2.95. The van der Waals surface area contributed by atoms with Gasteiger partial charge in [-0.2, -0.15) is 5.10 Å². The normalized spacial score (nSPS) is 23.9. The van der Waals surface area contributed by atoms with Gasteiger partial charge in [-0.05, 0) is 25.5 Å². The van der Waals surface area contributed by atoms with Crippen LogP contribution in [0.15, 0.2) is 12.3 Å². The molecule has 2 rings (SSSR count). The maximum absolute atomic E-state index is 12.2. The monoisotopic (exact) mass is 236 g/mol. The van der Waals surface area contributed by atoms with Crippen LogP contribution in [-0.4, -0.2) is 28.8 Å². The van der Waals surface area contributed by atoms with Gasteiger partial charge in [0.25, 0.3) is 0 Å². The van der Waals surface area contributed by atoms with E-state index in [0.29, 0.717) is 6.54 Å². The first-order valence-electron chi connectivity index (χ1n) is 6.14. The molecule has 1 aromatic heterocycles. The van der Waals surface area contributed by atoms with Gasteiger partial charge in [-0.25, -0.2) is 0 Å². The summed E-state index contributed by atoms with van der Waals surface area (Å²) in [6.45, 7) is 4.32. The Bertz CT molecular complexity index is 393. The van der Waals surface area contributed by atoms with Crippen molar-refractivity contribution in [2.45, 2.75) is 26.3 Å². The van der Waals surface area contributed by atoms with Gasteiger partial charge in [-0.1, -0.05) is 6.92 Å². The number of hydrogen-bond donors (Lipinski definition) is 2. The predicted octanol–water partition coefficient (Wildman–Crippen LogP) is 0.426. The van der Waals surface area contributed by atoms with Crippen molar-refractivity contribution in [3.63, 3.8) is 0 Å². The van der Waals surface area contributed by atoms with E-state index >= 15 is 0 Å². The highest BCUT2D eigenvalue weighted by Gasteiger charge is 2.39. The van der Waals surface area contributed by atoms with Crippen LogP contribution in [0.2, 0.25) is 0 Å². The molecule has 0 aliphatic carbocycles. The predicted molar refractivity (Wildman–Crippen MR) is 65.3 cm³/mol. The molecule has 2 N–H and O–H groups in total. The van der Waals surface area contributed by atoms with Crippen LogP contribution in [0, 0.1) is 5.41 Å². The van der Waals surface area contributed by atoms with E-state index in [4.69, 9.17) is 0 Å². The molecule has 0 radical (unpaired) electrons. The lowest BCUT2D eigenvalue weighted by molar-refractivity contribution is -0.130. The van der Waals surface area contributed by atoms with Crippen molar-refractivity contribution in [3.05, 3.63) is 18.0 Å². The zero-order valence-corrected chi connectivity index (χ0v) is 10.5. The van der Waals surface area contributed by atoms with Crippen LogP contribution in [0.4, 0.5) is 0 Å². The van der Waals surface area contributed by atoms with E-state index in [1.165, 1.54) is 0 Å². The Kier molecular flexibility index (Phi) is 3.47. The van der Waals surface area contributed by atoms with Crippen molar-refractivity contribution in [1.29, 1.82) is 0 Å². The summed E-state index contributed by atoms with van der Waals surface area (Å²) in [5.74, 6) is 0.149. The summed E-state index contributed by atoms with van der Waals surface area (Å²) in [6, 6.07) is 1.92. The lowest BCUT2D eigenvalue weighted by Gasteiger charge is -2.24. The first kappa shape index (κ1) is 12.1. The van der Waals surface area contributed by atoms with Crippen molar-refractivity contribution in [1.82, 2.24) is 20.4 Å². The number of carbonyl (C=O) groups excluding carboxylic acids is 1. The van der Waals surface area contributed by atoms with E-state index < -0.39 is 0 Å². The van der Waals surface area contributed by atoms with E-state index in [1.54, 1.807) is 4.68 Å². The molecule has 0 aromatic carbocycles. The minimum Gasteiger partial charge on any atom is -0.350 e. The fraction of sp³-hybridized carbons (Fsp3) is 0.667. The molecule has 1 saturated heterocycles. The molecule has 1 unspecified atom stereocenters. The van der Waals surface area contributed by atoms with Crippen molar-refractivity contribution < 1.29 is 4.79 Å². The molecule has 5 heteroatoms. The molecule has 0 saturated carbocycles. The van der Waals surface area contributed by atoms with E-state index in [0.717, 1.165) is 31.6 Å². The molecule has 5 nitrogen and oxygen atoms in total. The zero-order valence-electron chi connectivity index (χ0n) is 10.5. The maximum Gasteiger partial charge on any atom is 0.227 e. The van der Waals surface area contributed by atoms with Gasteiger partial charge in [-0.3, -0.25) is 9.48 Å². The van der Waals surface area contributed by atoms with Crippen LogP contribution in [0.25, 0.3) is 0 Å². The largest absolute Gasteiger partial charge is 0.350 e. The number of aryl methyl sites for hydroxylation is 1. The third-order valence-corrected chi connectivity index (χ3v) is 3.60. The summed E-state index contributed by atoms with van der Waals surface area (Å²) in [5, 5.41) is 10.5. The standard InChI is InChI=1S/C12H20N4O/c1-3-12(5-6-13-9-12)11(17)14-8-10-4-7-16(2)15-10/h4,7,13H,3,5-6,8-9H2,1-2H3,(H,14,17). The molecule has 1 aliphatic heterocycles. The number of nitrogens with one attached hydrogen (secondary N) is 2. The number of amides is 1. The smallest absolute Gasteiger partial charge is 0.227 e. The van der Waals surface area contributed by atoms with Crippen LogP contribution < -0.4 is 10.6 Å². The molecule has 0 bridgehead atoms. The summed E-state index contributed by atoms with van der Waals surface area (Å²) < 4.78 is 1.74. The summed E-state index contributed by atoms with van der Waals surface area (Å²) in [5.41, 5.74) is 0.687. The second kappa shape index (κ2) is 4.87. The van der Waals surface area contributed by atoms with Gasteiger partial charge in [0.1, 0.15) is 0 Å². The van der Waals surface area contributed by atoms with Gasteiger partial charge >= 0.3 is 0 Å². The van der Waals surface area contributed by atoms with Crippen molar-refractivity contribution in [2.75, 3.05) is 13.1 Å². The van der Waals surface area contributed by atoms with Crippen LogP contribution >= 0.6 is 0 Å². The summed E-state index contributed by atoms with van der Waals surface area (Å²) in [7, 11) is 1.87. The number of aromatic nitrogens is 2. The van der Waals surface area contributed by atoms with E-state index in [2.05, 4.69) is 22.7 Å². The summed E-state index contributed by atoms with van der Waals surface area (Å²) in [4.78, 5) is 12.2.